The first kappa shape index (κ1) is 26.4. The van der Waals surface area contributed by atoms with Crippen LogP contribution in [0.4, 0.5) is 11.4 Å². The third kappa shape index (κ3) is 5.65. The molecule has 8 heteroatoms. The molecule has 4 aromatic rings. The van der Waals surface area contributed by atoms with Crippen molar-refractivity contribution in [3.63, 3.8) is 0 Å². The summed E-state index contributed by atoms with van der Waals surface area (Å²) in [4.78, 5) is 32.1. The van der Waals surface area contributed by atoms with E-state index in [-0.39, 0.29) is 18.4 Å². The molecule has 0 saturated heterocycles. The lowest BCUT2D eigenvalue weighted by Gasteiger charge is -2.45. The molecule has 0 bridgehead atoms. The molecule has 1 fully saturated rings. The molecule has 1 saturated carbocycles. The van der Waals surface area contributed by atoms with Gasteiger partial charge in [0, 0.05) is 32.0 Å². The number of aromatic nitrogens is 3. The molecule has 8 nitrogen and oxygen atoms in total. The van der Waals surface area contributed by atoms with E-state index in [1.807, 2.05) is 98.7 Å². The molecule has 1 aromatic heterocycles. The molecule has 1 heterocycles. The van der Waals surface area contributed by atoms with Crippen LogP contribution >= 0.6 is 0 Å². The molecule has 0 spiro atoms. The van der Waals surface area contributed by atoms with Crippen LogP contribution in [-0.2, 0) is 22.7 Å². The highest BCUT2D eigenvalue weighted by Gasteiger charge is 2.47. The van der Waals surface area contributed by atoms with Crippen molar-refractivity contribution in [1.29, 1.82) is 0 Å². The molecule has 5 rings (SSSR count). The van der Waals surface area contributed by atoms with Gasteiger partial charge in [0.15, 0.2) is 0 Å². The van der Waals surface area contributed by atoms with Crippen LogP contribution in [0.2, 0.25) is 0 Å². The average Bonchev–Trinajstić information content (AvgIpc) is 3.36. The number of carbonyl (C=O) groups excluding carboxylic acids is 2. The second-order valence-electron chi connectivity index (χ2n) is 10.7. The van der Waals surface area contributed by atoms with Crippen LogP contribution in [0.25, 0.3) is 11.0 Å². The number of hydrogen-bond donors (Lipinski definition) is 1. The molecule has 1 N–H and O–H groups in total. The van der Waals surface area contributed by atoms with Gasteiger partial charge in [0.1, 0.15) is 17.6 Å². The zero-order valence-corrected chi connectivity index (χ0v) is 22.9. The number of para-hydroxylation sites is 1. The number of amides is 2. The van der Waals surface area contributed by atoms with Crippen LogP contribution in [0.15, 0.2) is 72.8 Å². The van der Waals surface area contributed by atoms with Crippen molar-refractivity contribution in [3.8, 4) is 0 Å². The third-order valence-corrected chi connectivity index (χ3v) is 7.73. The lowest BCUT2D eigenvalue weighted by atomic mass is 9.78. The van der Waals surface area contributed by atoms with Crippen molar-refractivity contribution in [2.45, 2.75) is 57.7 Å². The molecule has 0 unspecified atom stereocenters. The number of anilines is 2. The highest BCUT2D eigenvalue weighted by Crippen LogP contribution is 2.37. The summed E-state index contributed by atoms with van der Waals surface area (Å²) in [6.07, 6.45) is 4.05. The van der Waals surface area contributed by atoms with E-state index in [9.17, 15) is 9.59 Å². The van der Waals surface area contributed by atoms with Gasteiger partial charge in [0.25, 0.3) is 0 Å². The summed E-state index contributed by atoms with van der Waals surface area (Å²) >= 11 is 0. The van der Waals surface area contributed by atoms with Crippen molar-refractivity contribution in [3.05, 3.63) is 83.9 Å². The molecule has 1 aliphatic carbocycles. The molecule has 0 aliphatic heterocycles. The quantitative estimate of drug-likeness (QED) is 0.344. The van der Waals surface area contributed by atoms with Gasteiger partial charge in [-0.3, -0.25) is 9.59 Å². The Hall–Kier alpha value is -4.20. The molecule has 0 radical (unpaired) electrons. The maximum Gasteiger partial charge on any atom is 0.250 e. The minimum atomic E-state index is -0.961. The molecular weight excluding hydrogens is 488 g/mol. The second-order valence-corrected chi connectivity index (χ2v) is 10.7. The van der Waals surface area contributed by atoms with Gasteiger partial charge in [-0.15, -0.1) is 5.10 Å². The Morgan fingerprint density at radius 3 is 2.31 bits per heavy atom. The first-order valence-corrected chi connectivity index (χ1v) is 13.6. The summed E-state index contributed by atoms with van der Waals surface area (Å²) in [5, 5.41) is 11.6. The van der Waals surface area contributed by atoms with Crippen molar-refractivity contribution < 1.29 is 9.59 Å². The highest BCUT2D eigenvalue weighted by molar-refractivity contribution is 6.00. The van der Waals surface area contributed by atoms with Crippen LogP contribution in [0.3, 0.4) is 0 Å². The van der Waals surface area contributed by atoms with Crippen molar-refractivity contribution in [1.82, 2.24) is 19.9 Å². The van der Waals surface area contributed by atoms with Crippen LogP contribution in [-0.4, -0.2) is 51.3 Å². The number of hydrogen-bond acceptors (Lipinski definition) is 5. The summed E-state index contributed by atoms with van der Waals surface area (Å²) in [6.45, 7) is 2.40. The van der Waals surface area contributed by atoms with Crippen LogP contribution in [0.1, 0.15) is 43.2 Å². The van der Waals surface area contributed by atoms with E-state index < -0.39 is 5.54 Å². The third-order valence-electron chi connectivity index (χ3n) is 7.73. The normalized spacial score (nSPS) is 14.6. The smallest absolute Gasteiger partial charge is 0.250 e. The Morgan fingerprint density at radius 2 is 1.62 bits per heavy atom. The summed E-state index contributed by atoms with van der Waals surface area (Å²) in [5.74, 6) is -0.282. The van der Waals surface area contributed by atoms with Crippen LogP contribution in [0.5, 0.6) is 0 Å². The number of nitrogens with zero attached hydrogens (tertiary/aromatic N) is 5. The van der Waals surface area contributed by atoms with Gasteiger partial charge in [0.2, 0.25) is 11.8 Å². The van der Waals surface area contributed by atoms with Gasteiger partial charge >= 0.3 is 0 Å². The Kier molecular flexibility index (Phi) is 7.63. The van der Waals surface area contributed by atoms with Crippen LogP contribution in [0, 0.1) is 6.92 Å². The van der Waals surface area contributed by atoms with E-state index in [2.05, 4.69) is 15.6 Å². The van der Waals surface area contributed by atoms with Gasteiger partial charge in [-0.1, -0.05) is 66.4 Å². The van der Waals surface area contributed by atoms with E-state index in [0.29, 0.717) is 19.4 Å². The highest BCUT2D eigenvalue weighted by atomic mass is 16.2. The summed E-state index contributed by atoms with van der Waals surface area (Å²) in [6, 6.07) is 23.6. The number of nitrogens with one attached hydrogen (secondary N) is 1. The standard InChI is InChI=1S/C31H36N6O2/c1-23-11-13-24(14-12-23)21-36(29(38)22-37-28-10-6-5-9-27(28)33-34-37)31(19-7-4-8-20-31)30(39)32-25-15-17-26(18-16-25)35(2)3/h5-6,9-18H,4,7-8,19-22H2,1-3H3,(H,32,39). The number of carbonyl (C=O) groups is 2. The predicted octanol–water partition coefficient (Wildman–Crippen LogP) is 5.18. The van der Waals surface area contributed by atoms with Gasteiger partial charge in [-0.25, -0.2) is 4.68 Å². The van der Waals surface area contributed by atoms with Crippen LogP contribution < -0.4 is 10.2 Å². The van der Waals surface area contributed by atoms with E-state index in [1.54, 1.807) is 9.58 Å². The maximum absolute atomic E-state index is 14.2. The topological polar surface area (TPSA) is 83.4 Å². The monoisotopic (exact) mass is 524 g/mol. The largest absolute Gasteiger partial charge is 0.378 e. The molecule has 202 valence electrons. The number of rotatable bonds is 8. The Morgan fingerprint density at radius 1 is 0.923 bits per heavy atom. The number of benzene rings is 3. The Bertz CT molecular complexity index is 1440. The van der Waals surface area contributed by atoms with E-state index >= 15 is 0 Å². The number of fused-ring (bicyclic) bond motifs is 1. The van der Waals surface area contributed by atoms with Gasteiger partial charge in [-0.2, -0.15) is 0 Å². The molecule has 0 atom stereocenters. The van der Waals surface area contributed by atoms with Crippen molar-refractivity contribution in [2.75, 3.05) is 24.3 Å². The first-order chi connectivity index (χ1) is 18.9. The Balaban J connectivity index is 1.49. The SMILES string of the molecule is Cc1ccc(CN(C(=O)Cn2nnc3ccccc32)C2(C(=O)Nc3ccc(N(C)C)cc3)CCCCC2)cc1. The van der Waals surface area contributed by atoms with E-state index in [1.165, 1.54) is 0 Å². The molecule has 1 aliphatic rings. The Labute approximate surface area is 229 Å². The minimum absolute atomic E-state index is 0.0128. The number of aryl methyl sites for hydroxylation is 1. The fourth-order valence-corrected chi connectivity index (χ4v) is 5.45. The average molecular weight is 525 g/mol. The summed E-state index contributed by atoms with van der Waals surface area (Å²) in [7, 11) is 3.97. The fourth-order valence-electron chi connectivity index (χ4n) is 5.45. The predicted molar refractivity (Wildman–Crippen MR) is 154 cm³/mol. The van der Waals surface area contributed by atoms with Gasteiger partial charge in [-0.05, 0) is 61.7 Å². The minimum Gasteiger partial charge on any atom is -0.378 e. The molecule has 39 heavy (non-hydrogen) atoms. The van der Waals surface area contributed by atoms with Gasteiger partial charge in [0.05, 0.1) is 5.52 Å². The lowest BCUT2D eigenvalue weighted by molar-refractivity contribution is -0.149. The maximum atomic E-state index is 14.2. The zero-order valence-electron chi connectivity index (χ0n) is 22.9. The van der Waals surface area contributed by atoms with E-state index in [4.69, 9.17) is 0 Å². The van der Waals surface area contributed by atoms with E-state index in [0.717, 1.165) is 52.8 Å². The fraction of sp³-hybridized carbons (Fsp3) is 0.355. The lowest BCUT2D eigenvalue weighted by Crippen LogP contribution is -2.60. The molecular formula is C31H36N6O2. The molecule has 2 amide bonds. The van der Waals surface area contributed by atoms with Crippen molar-refractivity contribution >= 4 is 34.2 Å². The van der Waals surface area contributed by atoms with Crippen molar-refractivity contribution in [2.24, 2.45) is 0 Å². The first-order valence-electron chi connectivity index (χ1n) is 13.6. The summed E-state index contributed by atoms with van der Waals surface area (Å²) in [5.41, 5.74) is 4.49. The second kappa shape index (κ2) is 11.3. The zero-order chi connectivity index (χ0) is 27.4. The van der Waals surface area contributed by atoms with Gasteiger partial charge < -0.3 is 15.1 Å². The summed E-state index contributed by atoms with van der Waals surface area (Å²) < 4.78 is 1.63. The molecule has 3 aromatic carbocycles.